The molecule has 0 N–H and O–H groups in total. The van der Waals surface area contributed by atoms with E-state index in [1.165, 1.54) is 37.1 Å². The minimum absolute atomic E-state index is 0.00694. The molecule has 0 aliphatic carbocycles. The van der Waals surface area contributed by atoms with E-state index in [4.69, 9.17) is 14.2 Å². The molecule has 2 aromatic carbocycles. The van der Waals surface area contributed by atoms with Crippen molar-refractivity contribution in [1.29, 1.82) is 0 Å². The maximum Gasteiger partial charge on any atom is 0.167 e. The summed E-state index contributed by atoms with van der Waals surface area (Å²) in [5.74, 6) is -2.38. The molecule has 3 rings (SSSR count). The zero-order valence-corrected chi connectivity index (χ0v) is 18.3. The number of hydrogen-bond donors (Lipinski definition) is 0. The van der Waals surface area contributed by atoms with Crippen LogP contribution in [0.25, 0.3) is 11.1 Å². The van der Waals surface area contributed by atoms with E-state index in [-0.39, 0.29) is 22.8 Å². The summed E-state index contributed by atoms with van der Waals surface area (Å²) in [5, 5.41) is 0. The minimum Gasteiger partial charge on any atom is -0.494 e. The molecule has 2 atom stereocenters. The summed E-state index contributed by atoms with van der Waals surface area (Å²) in [6.07, 6.45) is 5.29. The first-order chi connectivity index (χ1) is 15.0. The van der Waals surface area contributed by atoms with Crippen LogP contribution < -0.4 is 4.74 Å². The van der Waals surface area contributed by atoms with Gasteiger partial charge in [-0.1, -0.05) is 38.3 Å². The van der Waals surface area contributed by atoms with E-state index < -0.39 is 23.6 Å². The summed E-state index contributed by atoms with van der Waals surface area (Å²) in [7, 11) is 0. The van der Waals surface area contributed by atoms with Gasteiger partial charge in [-0.15, -0.1) is 0 Å². The fraction of sp³-hybridized carbons (Fsp3) is 0.520. The summed E-state index contributed by atoms with van der Waals surface area (Å²) in [6.45, 7) is 5.40. The predicted octanol–water partition coefficient (Wildman–Crippen LogP) is 6.99. The van der Waals surface area contributed by atoms with Crippen LogP contribution in [-0.2, 0) is 9.47 Å². The topological polar surface area (TPSA) is 27.7 Å². The molecule has 1 saturated heterocycles. The molecule has 1 aliphatic rings. The van der Waals surface area contributed by atoms with Crippen molar-refractivity contribution < 1.29 is 27.4 Å². The van der Waals surface area contributed by atoms with E-state index in [0.717, 1.165) is 19.3 Å². The van der Waals surface area contributed by atoms with Crippen LogP contribution in [0.15, 0.2) is 30.3 Å². The van der Waals surface area contributed by atoms with Crippen molar-refractivity contribution in [3.8, 4) is 16.9 Å². The van der Waals surface area contributed by atoms with Crippen molar-refractivity contribution in [3.05, 3.63) is 53.3 Å². The molecule has 2 aromatic rings. The largest absolute Gasteiger partial charge is 0.494 e. The van der Waals surface area contributed by atoms with Gasteiger partial charge in [0.1, 0.15) is 11.6 Å². The third-order valence-corrected chi connectivity index (χ3v) is 5.59. The quantitative estimate of drug-likeness (QED) is 0.376. The Morgan fingerprint density at radius 3 is 2.42 bits per heavy atom. The number of benzene rings is 2. The van der Waals surface area contributed by atoms with Gasteiger partial charge in [0.2, 0.25) is 0 Å². The van der Waals surface area contributed by atoms with E-state index >= 15 is 0 Å². The lowest BCUT2D eigenvalue weighted by atomic mass is 9.96. The zero-order chi connectivity index (χ0) is 22.2. The number of unbranched alkanes of at least 4 members (excludes halogenated alkanes) is 3. The van der Waals surface area contributed by atoms with Gasteiger partial charge >= 0.3 is 0 Å². The number of hydrogen-bond acceptors (Lipinski definition) is 3. The zero-order valence-electron chi connectivity index (χ0n) is 18.3. The second-order valence-electron chi connectivity index (χ2n) is 7.86. The maximum atomic E-state index is 14.8. The molecule has 6 heteroatoms. The Bertz CT molecular complexity index is 848. The third-order valence-electron chi connectivity index (χ3n) is 5.59. The Hall–Kier alpha value is -2.05. The van der Waals surface area contributed by atoms with Crippen LogP contribution in [0, 0.1) is 17.5 Å². The average molecular weight is 437 g/mol. The fourth-order valence-electron chi connectivity index (χ4n) is 3.87. The van der Waals surface area contributed by atoms with E-state index in [0.29, 0.717) is 32.0 Å². The van der Waals surface area contributed by atoms with Crippen molar-refractivity contribution >= 4 is 0 Å². The lowest BCUT2D eigenvalue weighted by Gasteiger charge is -2.29. The lowest BCUT2D eigenvalue weighted by molar-refractivity contribution is -0.0883. The van der Waals surface area contributed by atoms with Crippen LogP contribution in [0.5, 0.6) is 5.75 Å². The summed E-state index contributed by atoms with van der Waals surface area (Å²) in [4.78, 5) is 0. The lowest BCUT2D eigenvalue weighted by Crippen LogP contribution is -2.28. The average Bonchev–Trinajstić information content (AvgIpc) is 2.77. The molecule has 1 heterocycles. The molecular weight excluding hydrogens is 405 g/mol. The highest BCUT2D eigenvalue weighted by Crippen LogP contribution is 2.36. The van der Waals surface area contributed by atoms with Crippen LogP contribution in [0.3, 0.4) is 0 Å². The molecule has 0 amide bonds. The van der Waals surface area contributed by atoms with Crippen LogP contribution in [0.2, 0.25) is 0 Å². The van der Waals surface area contributed by atoms with E-state index in [1.807, 2.05) is 0 Å². The summed E-state index contributed by atoms with van der Waals surface area (Å²) < 4.78 is 61.0. The molecule has 1 fully saturated rings. The molecular formula is C25H31F3O3. The van der Waals surface area contributed by atoms with E-state index in [1.54, 1.807) is 13.0 Å². The van der Waals surface area contributed by atoms with Crippen molar-refractivity contribution in [1.82, 2.24) is 0 Å². The molecule has 0 aromatic heterocycles. The molecule has 0 radical (unpaired) electrons. The highest BCUT2D eigenvalue weighted by atomic mass is 19.2. The van der Waals surface area contributed by atoms with Crippen LogP contribution in [0.1, 0.15) is 64.0 Å². The van der Waals surface area contributed by atoms with Gasteiger partial charge in [0.25, 0.3) is 0 Å². The highest BCUT2D eigenvalue weighted by Gasteiger charge is 2.28. The SMILES string of the molecule is CCCCCCOC1CCC(c2ccc(-c3ccc(OCC)cc3F)c(F)c2F)OC1. The van der Waals surface area contributed by atoms with Gasteiger partial charge in [-0.2, -0.15) is 0 Å². The second kappa shape index (κ2) is 11.5. The third kappa shape index (κ3) is 6.01. The first-order valence-electron chi connectivity index (χ1n) is 11.2. The molecule has 31 heavy (non-hydrogen) atoms. The van der Waals surface area contributed by atoms with Gasteiger partial charge in [0, 0.05) is 29.4 Å². The predicted molar refractivity (Wildman–Crippen MR) is 115 cm³/mol. The molecule has 170 valence electrons. The van der Waals surface area contributed by atoms with E-state index in [9.17, 15) is 13.2 Å². The van der Waals surface area contributed by atoms with Crippen molar-refractivity contribution in [2.24, 2.45) is 0 Å². The van der Waals surface area contributed by atoms with Gasteiger partial charge in [-0.25, -0.2) is 13.2 Å². The Morgan fingerprint density at radius 2 is 1.74 bits per heavy atom. The standard InChI is InChI=1S/C25H31F3O3/c1-3-5-6-7-14-30-18-9-13-23(31-16-18)21-12-11-20(24(27)25(21)28)19-10-8-17(29-4-2)15-22(19)26/h8,10-12,15,18,23H,3-7,9,13-14,16H2,1-2H3. The number of ether oxygens (including phenoxy) is 3. The van der Waals surface area contributed by atoms with Gasteiger partial charge in [0.15, 0.2) is 11.6 Å². The second-order valence-corrected chi connectivity index (χ2v) is 7.86. The molecule has 1 aliphatic heterocycles. The summed E-state index contributed by atoms with van der Waals surface area (Å²) >= 11 is 0. The van der Waals surface area contributed by atoms with Crippen LogP contribution in [0.4, 0.5) is 13.2 Å². The van der Waals surface area contributed by atoms with Crippen molar-refractivity contribution in [2.45, 2.75) is 64.6 Å². The Morgan fingerprint density at radius 1 is 0.935 bits per heavy atom. The maximum absolute atomic E-state index is 14.8. The Kier molecular flexibility index (Phi) is 8.79. The van der Waals surface area contributed by atoms with Crippen molar-refractivity contribution in [3.63, 3.8) is 0 Å². The van der Waals surface area contributed by atoms with Gasteiger partial charge in [-0.05, 0) is 38.3 Å². The Labute approximate surface area is 182 Å². The Balaban J connectivity index is 1.64. The molecule has 2 unspecified atom stereocenters. The van der Waals surface area contributed by atoms with Crippen LogP contribution >= 0.6 is 0 Å². The fourth-order valence-corrected chi connectivity index (χ4v) is 3.87. The van der Waals surface area contributed by atoms with Gasteiger partial charge in [0.05, 0.1) is 25.4 Å². The molecule has 0 spiro atoms. The van der Waals surface area contributed by atoms with Crippen molar-refractivity contribution in [2.75, 3.05) is 19.8 Å². The normalized spacial score (nSPS) is 18.9. The number of rotatable bonds is 10. The molecule has 0 bridgehead atoms. The smallest absolute Gasteiger partial charge is 0.167 e. The first kappa shape index (κ1) is 23.6. The number of halogens is 3. The highest BCUT2D eigenvalue weighted by molar-refractivity contribution is 5.66. The van der Waals surface area contributed by atoms with Gasteiger partial charge in [-0.3, -0.25) is 0 Å². The van der Waals surface area contributed by atoms with E-state index in [2.05, 4.69) is 6.92 Å². The monoisotopic (exact) mass is 436 g/mol. The van der Waals surface area contributed by atoms with Gasteiger partial charge < -0.3 is 14.2 Å². The first-order valence-corrected chi connectivity index (χ1v) is 11.2. The molecule has 0 saturated carbocycles. The van der Waals surface area contributed by atoms with Crippen LogP contribution in [-0.4, -0.2) is 25.9 Å². The molecule has 3 nitrogen and oxygen atoms in total. The minimum atomic E-state index is -1.07. The summed E-state index contributed by atoms with van der Waals surface area (Å²) in [6, 6.07) is 7.01. The summed E-state index contributed by atoms with van der Waals surface area (Å²) in [5.41, 5.74) is 0.0346.